The molecule has 3 rings (SSSR count). The Labute approximate surface area is 155 Å². The smallest absolute Gasteiger partial charge is 0.309 e. The molecule has 2 fully saturated rings. The standard InChI is InChI=1S/C22H30O4/c1-21(19(23)24)11-7-17(8-12-21)15-3-5-16(6-4-15)18-9-13-22(2,14-10-18)20(25)26/h3-6,17-18H,7-14H2,1-2H3,(H,23,24)(H,25,26). The Balaban J connectivity index is 1.60. The average molecular weight is 358 g/mol. The minimum absolute atomic E-state index is 0.457. The number of carboxylic acids is 2. The summed E-state index contributed by atoms with van der Waals surface area (Å²) in [6, 6.07) is 8.81. The quantitative estimate of drug-likeness (QED) is 0.777. The fourth-order valence-corrected chi connectivity index (χ4v) is 4.64. The van der Waals surface area contributed by atoms with Gasteiger partial charge >= 0.3 is 11.9 Å². The van der Waals surface area contributed by atoms with Crippen LogP contribution < -0.4 is 0 Å². The summed E-state index contributed by atoms with van der Waals surface area (Å²) in [6.45, 7) is 3.73. The molecule has 0 radical (unpaired) electrons. The minimum Gasteiger partial charge on any atom is -0.481 e. The summed E-state index contributed by atoms with van der Waals surface area (Å²) < 4.78 is 0. The normalized spacial score (nSPS) is 35.0. The van der Waals surface area contributed by atoms with Crippen molar-refractivity contribution in [3.63, 3.8) is 0 Å². The monoisotopic (exact) mass is 358 g/mol. The van der Waals surface area contributed by atoms with E-state index in [2.05, 4.69) is 24.3 Å². The van der Waals surface area contributed by atoms with Crippen molar-refractivity contribution in [2.24, 2.45) is 10.8 Å². The second-order valence-corrected chi connectivity index (χ2v) is 8.95. The lowest BCUT2D eigenvalue weighted by atomic mass is 9.69. The van der Waals surface area contributed by atoms with Crippen molar-refractivity contribution < 1.29 is 19.8 Å². The van der Waals surface area contributed by atoms with Crippen LogP contribution in [0.1, 0.15) is 88.2 Å². The zero-order valence-corrected chi connectivity index (χ0v) is 15.8. The Kier molecular flexibility index (Phi) is 5.14. The molecule has 0 spiro atoms. The number of hydrogen-bond acceptors (Lipinski definition) is 2. The van der Waals surface area contributed by atoms with Gasteiger partial charge in [-0.05, 0) is 88.2 Å². The Hall–Kier alpha value is -1.84. The van der Waals surface area contributed by atoms with Gasteiger partial charge in [0, 0.05) is 0 Å². The van der Waals surface area contributed by atoms with Gasteiger partial charge in [-0.3, -0.25) is 9.59 Å². The summed E-state index contributed by atoms with van der Waals surface area (Å²) in [5.41, 5.74) is 1.50. The molecule has 0 atom stereocenters. The Bertz CT molecular complexity index is 601. The molecule has 0 amide bonds. The second-order valence-electron chi connectivity index (χ2n) is 8.95. The lowest BCUT2D eigenvalue weighted by molar-refractivity contribution is -0.150. The third kappa shape index (κ3) is 3.65. The number of benzene rings is 1. The summed E-state index contributed by atoms with van der Waals surface area (Å²) in [4.78, 5) is 22.8. The van der Waals surface area contributed by atoms with E-state index in [1.165, 1.54) is 11.1 Å². The molecule has 0 heterocycles. The summed E-state index contributed by atoms with van der Waals surface area (Å²) in [7, 11) is 0. The zero-order chi connectivity index (χ0) is 18.9. The Morgan fingerprint density at radius 1 is 0.731 bits per heavy atom. The fourth-order valence-electron chi connectivity index (χ4n) is 4.64. The molecule has 0 bridgehead atoms. The van der Waals surface area contributed by atoms with E-state index in [-0.39, 0.29) is 0 Å². The highest BCUT2D eigenvalue weighted by atomic mass is 16.4. The molecule has 142 valence electrons. The lowest BCUT2D eigenvalue weighted by Gasteiger charge is -2.35. The van der Waals surface area contributed by atoms with Crippen LogP contribution in [0.3, 0.4) is 0 Å². The van der Waals surface area contributed by atoms with Gasteiger partial charge in [0.2, 0.25) is 0 Å². The van der Waals surface area contributed by atoms with E-state index in [1.54, 1.807) is 0 Å². The van der Waals surface area contributed by atoms with E-state index in [4.69, 9.17) is 0 Å². The molecule has 2 N–H and O–H groups in total. The number of carbonyl (C=O) groups is 2. The molecule has 0 saturated heterocycles. The van der Waals surface area contributed by atoms with Crippen LogP contribution in [0.25, 0.3) is 0 Å². The van der Waals surface area contributed by atoms with Crippen molar-refractivity contribution in [2.75, 3.05) is 0 Å². The lowest BCUT2D eigenvalue weighted by Crippen LogP contribution is -2.32. The molecular weight excluding hydrogens is 328 g/mol. The van der Waals surface area contributed by atoms with E-state index in [0.29, 0.717) is 11.8 Å². The molecule has 1 aromatic carbocycles. The van der Waals surface area contributed by atoms with Gasteiger partial charge in [-0.1, -0.05) is 24.3 Å². The van der Waals surface area contributed by atoms with Crippen molar-refractivity contribution in [3.8, 4) is 0 Å². The summed E-state index contributed by atoms with van der Waals surface area (Å²) >= 11 is 0. The molecule has 0 unspecified atom stereocenters. The number of aliphatic carboxylic acids is 2. The van der Waals surface area contributed by atoms with E-state index in [9.17, 15) is 19.8 Å². The molecule has 4 nitrogen and oxygen atoms in total. The number of rotatable bonds is 4. The van der Waals surface area contributed by atoms with Gasteiger partial charge < -0.3 is 10.2 Å². The van der Waals surface area contributed by atoms with Crippen LogP contribution in [0.4, 0.5) is 0 Å². The molecule has 0 aromatic heterocycles. The average Bonchev–Trinajstić information content (AvgIpc) is 2.63. The number of hydrogen-bond donors (Lipinski definition) is 2. The van der Waals surface area contributed by atoms with Crippen molar-refractivity contribution in [1.82, 2.24) is 0 Å². The van der Waals surface area contributed by atoms with Gasteiger partial charge in [-0.25, -0.2) is 0 Å². The first-order valence-electron chi connectivity index (χ1n) is 9.80. The molecule has 4 heteroatoms. The van der Waals surface area contributed by atoms with Crippen molar-refractivity contribution in [2.45, 2.75) is 77.0 Å². The van der Waals surface area contributed by atoms with E-state index >= 15 is 0 Å². The van der Waals surface area contributed by atoms with Crippen LogP contribution >= 0.6 is 0 Å². The maximum atomic E-state index is 11.4. The third-order valence-corrected chi connectivity index (χ3v) is 7.09. The van der Waals surface area contributed by atoms with Gasteiger partial charge in [-0.2, -0.15) is 0 Å². The fraction of sp³-hybridized carbons (Fsp3) is 0.636. The van der Waals surface area contributed by atoms with Crippen LogP contribution in [-0.2, 0) is 9.59 Å². The predicted molar refractivity (Wildman–Crippen MR) is 100 cm³/mol. The first kappa shape index (κ1) is 18.9. The molecule has 26 heavy (non-hydrogen) atoms. The number of carboxylic acid groups (broad SMARTS) is 2. The first-order chi connectivity index (χ1) is 12.2. The van der Waals surface area contributed by atoms with Gasteiger partial charge in [0.05, 0.1) is 10.8 Å². The zero-order valence-electron chi connectivity index (χ0n) is 15.8. The minimum atomic E-state index is -0.669. The maximum Gasteiger partial charge on any atom is 0.309 e. The van der Waals surface area contributed by atoms with Crippen LogP contribution in [-0.4, -0.2) is 22.2 Å². The van der Waals surface area contributed by atoms with Gasteiger partial charge in [0.25, 0.3) is 0 Å². The predicted octanol–water partition coefficient (Wildman–Crippen LogP) is 5.18. The molecular formula is C22H30O4. The van der Waals surface area contributed by atoms with E-state index in [1.807, 2.05) is 13.8 Å². The molecule has 0 aliphatic heterocycles. The van der Waals surface area contributed by atoms with Crippen LogP contribution in [0.2, 0.25) is 0 Å². The summed E-state index contributed by atoms with van der Waals surface area (Å²) in [5.74, 6) is -0.426. The Morgan fingerprint density at radius 2 is 1.00 bits per heavy atom. The highest BCUT2D eigenvalue weighted by Crippen LogP contribution is 2.45. The van der Waals surface area contributed by atoms with E-state index < -0.39 is 22.8 Å². The maximum absolute atomic E-state index is 11.4. The topological polar surface area (TPSA) is 74.6 Å². The molecule has 2 aliphatic rings. The summed E-state index contributed by atoms with van der Waals surface area (Å²) in [5, 5.41) is 18.7. The van der Waals surface area contributed by atoms with Crippen molar-refractivity contribution >= 4 is 11.9 Å². The van der Waals surface area contributed by atoms with Gasteiger partial charge in [-0.15, -0.1) is 0 Å². The SMILES string of the molecule is CC1(C(=O)O)CCC(c2ccc(C3CCC(C)(C(=O)O)CC3)cc2)CC1. The van der Waals surface area contributed by atoms with E-state index in [0.717, 1.165) is 51.4 Å². The molecule has 2 saturated carbocycles. The third-order valence-electron chi connectivity index (χ3n) is 7.09. The summed E-state index contributed by atoms with van der Waals surface area (Å²) in [6.07, 6.45) is 6.70. The Morgan fingerprint density at radius 3 is 1.23 bits per heavy atom. The van der Waals surface area contributed by atoms with Crippen molar-refractivity contribution in [1.29, 1.82) is 0 Å². The molecule has 1 aromatic rings. The highest BCUT2D eigenvalue weighted by molar-refractivity contribution is 5.74. The molecule has 2 aliphatic carbocycles. The van der Waals surface area contributed by atoms with Crippen LogP contribution in [0, 0.1) is 10.8 Å². The first-order valence-corrected chi connectivity index (χ1v) is 9.80. The largest absolute Gasteiger partial charge is 0.481 e. The van der Waals surface area contributed by atoms with Crippen LogP contribution in [0.5, 0.6) is 0 Å². The van der Waals surface area contributed by atoms with Gasteiger partial charge in [0.15, 0.2) is 0 Å². The highest BCUT2D eigenvalue weighted by Gasteiger charge is 2.39. The van der Waals surface area contributed by atoms with Gasteiger partial charge in [0.1, 0.15) is 0 Å². The van der Waals surface area contributed by atoms with Crippen LogP contribution in [0.15, 0.2) is 24.3 Å². The second kappa shape index (κ2) is 7.05. The van der Waals surface area contributed by atoms with Crippen molar-refractivity contribution in [3.05, 3.63) is 35.4 Å².